The van der Waals surface area contributed by atoms with E-state index in [-0.39, 0.29) is 5.54 Å². The van der Waals surface area contributed by atoms with Crippen LogP contribution in [0, 0.1) is 6.92 Å². The van der Waals surface area contributed by atoms with Gasteiger partial charge in [-0.25, -0.2) is 0 Å². The Morgan fingerprint density at radius 3 is 2.56 bits per heavy atom. The first-order chi connectivity index (χ1) is 13.1. The van der Waals surface area contributed by atoms with E-state index in [1.165, 1.54) is 16.8 Å². The summed E-state index contributed by atoms with van der Waals surface area (Å²) in [5, 5.41) is 4.38. The first-order valence-corrected chi connectivity index (χ1v) is 10.2. The summed E-state index contributed by atoms with van der Waals surface area (Å²) in [6.45, 7) is 5.67. The fourth-order valence-corrected chi connectivity index (χ4v) is 4.78. The van der Waals surface area contributed by atoms with E-state index >= 15 is 0 Å². The Hall–Kier alpha value is -2.14. The molecule has 0 saturated carbocycles. The summed E-state index contributed by atoms with van der Waals surface area (Å²) in [6.07, 6.45) is 7.09. The van der Waals surface area contributed by atoms with Gasteiger partial charge in [0.05, 0.1) is 6.20 Å². The SMILES string of the molecule is Cc1c(CN2CCCC23CCCN(CCc2ccccc2)C3=O)cnn1C. The molecule has 0 N–H and O–H groups in total. The number of likely N-dealkylation sites (tertiary alicyclic amines) is 2. The van der Waals surface area contributed by atoms with Crippen LogP contribution in [-0.2, 0) is 24.8 Å². The van der Waals surface area contributed by atoms with Gasteiger partial charge in [-0.15, -0.1) is 0 Å². The van der Waals surface area contributed by atoms with E-state index in [2.05, 4.69) is 46.1 Å². The van der Waals surface area contributed by atoms with Gasteiger partial charge >= 0.3 is 0 Å². The molecule has 1 spiro atoms. The third kappa shape index (κ3) is 3.41. The Balaban J connectivity index is 1.48. The maximum Gasteiger partial charge on any atom is 0.243 e. The lowest BCUT2D eigenvalue weighted by atomic mass is 9.85. The third-order valence-corrected chi connectivity index (χ3v) is 6.54. The van der Waals surface area contributed by atoms with Crippen molar-refractivity contribution >= 4 is 5.91 Å². The lowest BCUT2D eigenvalue weighted by Gasteiger charge is -2.44. The van der Waals surface area contributed by atoms with Crippen LogP contribution in [0.4, 0.5) is 0 Å². The van der Waals surface area contributed by atoms with Gasteiger partial charge in [0.25, 0.3) is 0 Å². The molecule has 1 aromatic heterocycles. The molecule has 1 atom stereocenters. The second kappa shape index (κ2) is 7.47. The number of hydrogen-bond acceptors (Lipinski definition) is 3. The Bertz CT molecular complexity index is 800. The molecule has 2 aromatic rings. The van der Waals surface area contributed by atoms with Gasteiger partial charge in [-0.2, -0.15) is 5.10 Å². The van der Waals surface area contributed by atoms with Crippen LogP contribution in [0.25, 0.3) is 0 Å². The first kappa shape index (κ1) is 18.2. The highest BCUT2D eigenvalue weighted by Crippen LogP contribution is 2.39. The molecule has 5 heteroatoms. The maximum atomic E-state index is 13.5. The average molecular weight is 367 g/mol. The van der Waals surface area contributed by atoms with Crippen LogP contribution in [0.2, 0.25) is 0 Å². The van der Waals surface area contributed by atoms with E-state index in [1.807, 2.05) is 24.0 Å². The summed E-state index contributed by atoms with van der Waals surface area (Å²) in [7, 11) is 1.98. The van der Waals surface area contributed by atoms with Crippen LogP contribution >= 0.6 is 0 Å². The quantitative estimate of drug-likeness (QED) is 0.817. The zero-order valence-corrected chi connectivity index (χ0v) is 16.5. The predicted octanol–water partition coefficient (Wildman–Crippen LogP) is 2.93. The molecule has 27 heavy (non-hydrogen) atoms. The first-order valence-electron chi connectivity index (χ1n) is 10.2. The van der Waals surface area contributed by atoms with Crippen molar-refractivity contribution in [1.82, 2.24) is 19.6 Å². The molecule has 2 saturated heterocycles. The van der Waals surface area contributed by atoms with E-state index in [1.54, 1.807) is 0 Å². The number of carbonyl (C=O) groups excluding carboxylic acids is 1. The van der Waals surface area contributed by atoms with Gasteiger partial charge in [-0.05, 0) is 51.1 Å². The Labute approximate surface area is 162 Å². The van der Waals surface area contributed by atoms with Gasteiger partial charge in [0.2, 0.25) is 5.91 Å². The molecule has 0 radical (unpaired) electrons. The predicted molar refractivity (Wildman–Crippen MR) is 106 cm³/mol. The molecule has 1 amide bonds. The molecule has 5 nitrogen and oxygen atoms in total. The summed E-state index contributed by atoms with van der Waals surface area (Å²) < 4.78 is 1.92. The van der Waals surface area contributed by atoms with Crippen molar-refractivity contribution in [2.75, 3.05) is 19.6 Å². The Kier molecular flexibility index (Phi) is 5.04. The molecule has 4 rings (SSSR count). The average Bonchev–Trinajstić information content (AvgIpc) is 3.23. The molecule has 2 fully saturated rings. The van der Waals surface area contributed by atoms with Crippen molar-refractivity contribution in [1.29, 1.82) is 0 Å². The standard InChI is InChI=1S/C22H30N4O/c1-18-20(16-23-24(18)2)17-26-14-7-12-22(26)11-6-13-25(21(22)27)15-10-19-8-4-3-5-9-19/h3-5,8-9,16H,6-7,10-15,17H2,1-2H3. The van der Waals surface area contributed by atoms with Crippen LogP contribution in [0.1, 0.15) is 42.5 Å². The second-order valence-corrected chi connectivity index (χ2v) is 8.07. The van der Waals surface area contributed by atoms with E-state index in [0.29, 0.717) is 5.91 Å². The van der Waals surface area contributed by atoms with Gasteiger partial charge < -0.3 is 4.90 Å². The molecule has 0 bridgehead atoms. The number of nitrogens with zero attached hydrogens (tertiary/aromatic N) is 4. The smallest absolute Gasteiger partial charge is 0.243 e. The number of benzene rings is 1. The van der Waals surface area contributed by atoms with Gasteiger partial charge in [0.15, 0.2) is 0 Å². The lowest BCUT2D eigenvalue weighted by Crippen LogP contribution is -2.59. The van der Waals surface area contributed by atoms with Crippen LogP contribution in [-0.4, -0.2) is 50.7 Å². The van der Waals surface area contributed by atoms with Crippen LogP contribution in [0.15, 0.2) is 36.5 Å². The zero-order chi connectivity index (χ0) is 18.9. The van der Waals surface area contributed by atoms with Crippen molar-refractivity contribution in [2.45, 2.75) is 51.1 Å². The fraction of sp³-hybridized carbons (Fsp3) is 0.545. The summed E-state index contributed by atoms with van der Waals surface area (Å²) in [5.74, 6) is 0.351. The van der Waals surface area contributed by atoms with Gasteiger partial charge in [0.1, 0.15) is 5.54 Å². The molecule has 3 heterocycles. The highest BCUT2D eigenvalue weighted by atomic mass is 16.2. The van der Waals surface area contributed by atoms with Crippen molar-refractivity contribution in [3.05, 3.63) is 53.3 Å². The largest absolute Gasteiger partial charge is 0.341 e. The van der Waals surface area contributed by atoms with Crippen LogP contribution in [0.3, 0.4) is 0 Å². The maximum absolute atomic E-state index is 13.5. The summed E-state index contributed by atoms with van der Waals surface area (Å²) in [6, 6.07) is 10.5. The normalized spacial score (nSPS) is 23.5. The van der Waals surface area contributed by atoms with E-state index in [4.69, 9.17) is 0 Å². The van der Waals surface area contributed by atoms with E-state index in [0.717, 1.165) is 58.3 Å². The van der Waals surface area contributed by atoms with Crippen molar-refractivity contribution in [3.8, 4) is 0 Å². The minimum atomic E-state index is -0.294. The highest BCUT2D eigenvalue weighted by molar-refractivity contribution is 5.87. The second-order valence-electron chi connectivity index (χ2n) is 8.07. The number of amides is 1. The van der Waals surface area contributed by atoms with E-state index < -0.39 is 0 Å². The van der Waals surface area contributed by atoms with Gasteiger partial charge in [0, 0.05) is 37.9 Å². The minimum Gasteiger partial charge on any atom is -0.341 e. The van der Waals surface area contributed by atoms with Gasteiger partial charge in [-0.3, -0.25) is 14.4 Å². The molecule has 1 aromatic carbocycles. The molecular weight excluding hydrogens is 336 g/mol. The molecule has 2 aliphatic heterocycles. The number of piperidine rings is 1. The Morgan fingerprint density at radius 2 is 1.85 bits per heavy atom. The topological polar surface area (TPSA) is 41.4 Å². The number of rotatable bonds is 5. The number of aryl methyl sites for hydroxylation is 1. The zero-order valence-electron chi connectivity index (χ0n) is 16.5. The van der Waals surface area contributed by atoms with E-state index in [9.17, 15) is 4.79 Å². The highest BCUT2D eigenvalue weighted by Gasteiger charge is 2.50. The van der Waals surface area contributed by atoms with Crippen LogP contribution in [0.5, 0.6) is 0 Å². The number of aromatic nitrogens is 2. The summed E-state index contributed by atoms with van der Waals surface area (Å²) in [4.78, 5) is 18.1. The molecule has 1 unspecified atom stereocenters. The lowest BCUT2D eigenvalue weighted by molar-refractivity contribution is -0.147. The molecule has 0 aliphatic carbocycles. The molecule has 2 aliphatic rings. The summed E-state index contributed by atoms with van der Waals surface area (Å²) >= 11 is 0. The monoisotopic (exact) mass is 366 g/mol. The van der Waals surface area contributed by atoms with Crippen molar-refractivity contribution in [3.63, 3.8) is 0 Å². The number of hydrogen-bond donors (Lipinski definition) is 0. The fourth-order valence-electron chi connectivity index (χ4n) is 4.78. The molecular formula is C22H30N4O. The third-order valence-electron chi connectivity index (χ3n) is 6.54. The minimum absolute atomic E-state index is 0.294. The van der Waals surface area contributed by atoms with Crippen molar-refractivity contribution < 1.29 is 4.79 Å². The van der Waals surface area contributed by atoms with Crippen LogP contribution < -0.4 is 0 Å². The Morgan fingerprint density at radius 1 is 1.11 bits per heavy atom. The molecule has 144 valence electrons. The van der Waals surface area contributed by atoms with Crippen molar-refractivity contribution in [2.24, 2.45) is 7.05 Å². The number of carbonyl (C=O) groups is 1. The van der Waals surface area contributed by atoms with Gasteiger partial charge in [-0.1, -0.05) is 30.3 Å². The summed E-state index contributed by atoms with van der Waals surface area (Å²) in [5.41, 5.74) is 3.45.